The molecule has 0 aliphatic carbocycles. The number of nitrogens with one attached hydrogen (secondary N) is 3. The van der Waals surface area contributed by atoms with Crippen molar-refractivity contribution in [1.82, 2.24) is 15.5 Å². The van der Waals surface area contributed by atoms with Gasteiger partial charge in [-0.3, -0.25) is 15.0 Å². The summed E-state index contributed by atoms with van der Waals surface area (Å²) in [7, 11) is 0. The molecule has 4 amide bonds. The minimum absolute atomic E-state index is 0.324. The highest BCUT2D eigenvalue weighted by atomic mass is 16.6. The van der Waals surface area contributed by atoms with Crippen LogP contribution >= 0.6 is 0 Å². The zero-order valence-electron chi connectivity index (χ0n) is 15.3. The van der Waals surface area contributed by atoms with Gasteiger partial charge in [0.15, 0.2) is 6.04 Å². The zero-order valence-corrected chi connectivity index (χ0v) is 15.3. The predicted octanol–water partition coefficient (Wildman–Crippen LogP) is -0.0696. The summed E-state index contributed by atoms with van der Waals surface area (Å²) in [5, 5.41) is 4.99. The summed E-state index contributed by atoms with van der Waals surface area (Å²) in [5.41, 5.74) is 0.842. The van der Waals surface area contributed by atoms with E-state index in [0.717, 1.165) is 10.5 Å². The molecule has 142 valence electrons. The number of amides is 4. The van der Waals surface area contributed by atoms with Crippen LogP contribution in [0.5, 0.6) is 0 Å². The van der Waals surface area contributed by atoms with Gasteiger partial charge in [0.25, 0.3) is 5.91 Å². The molecule has 1 atom stereocenters. The summed E-state index contributed by atoms with van der Waals surface area (Å²) in [6.45, 7) is 6.56. The van der Waals surface area contributed by atoms with Gasteiger partial charge < -0.3 is 15.0 Å². The van der Waals surface area contributed by atoms with Gasteiger partial charge in [-0.2, -0.15) is 0 Å². The van der Waals surface area contributed by atoms with Crippen LogP contribution in [0.4, 0.5) is 9.59 Å². The molecule has 0 spiro atoms. The number of rotatable bonds is 5. The third-order valence-electron chi connectivity index (χ3n) is 4.31. The highest BCUT2D eigenvalue weighted by Gasteiger charge is 2.36. The fourth-order valence-electron chi connectivity index (χ4n) is 3.09. The Morgan fingerprint density at radius 1 is 1.15 bits per heavy atom. The second-order valence-corrected chi connectivity index (χ2v) is 6.04. The number of nitrogens with zero attached hydrogens (tertiary/aromatic N) is 1. The maximum absolute atomic E-state index is 12.7. The number of quaternary nitrogens is 1. The first-order valence-electron chi connectivity index (χ1n) is 8.96. The van der Waals surface area contributed by atoms with Crippen molar-refractivity contribution in [2.45, 2.75) is 19.9 Å². The molecule has 1 aliphatic heterocycles. The quantitative estimate of drug-likeness (QED) is 0.683. The minimum atomic E-state index is -0.511. The van der Waals surface area contributed by atoms with Crippen molar-refractivity contribution in [2.24, 2.45) is 0 Å². The van der Waals surface area contributed by atoms with Crippen molar-refractivity contribution in [3.05, 3.63) is 35.9 Å². The molecule has 1 aromatic carbocycles. The lowest BCUT2D eigenvalue weighted by Crippen LogP contribution is -3.16. The Kier molecular flexibility index (Phi) is 7.40. The monoisotopic (exact) mass is 363 g/mol. The van der Waals surface area contributed by atoms with Crippen molar-refractivity contribution in [1.29, 1.82) is 0 Å². The number of carbonyl (C=O) groups is 3. The van der Waals surface area contributed by atoms with E-state index in [0.29, 0.717) is 39.3 Å². The Bertz CT molecular complexity index is 615. The van der Waals surface area contributed by atoms with Crippen molar-refractivity contribution >= 4 is 18.0 Å². The lowest BCUT2D eigenvalue weighted by molar-refractivity contribution is -0.925. The largest absolute Gasteiger partial charge is 0.450 e. The molecule has 26 heavy (non-hydrogen) atoms. The van der Waals surface area contributed by atoms with Gasteiger partial charge in [-0.05, 0) is 13.8 Å². The van der Waals surface area contributed by atoms with Crippen LogP contribution in [0, 0.1) is 0 Å². The molecule has 1 aromatic rings. The second-order valence-electron chi connectivity index (χ2n) is 6.04. The van der Waals surface area contributed by atoms with Crippen LogP contribution in [0.3, 0.4) is 0 Å². The van der Waals surface area contributed by atoms with Gasteiger partial charge in [0.1, 0.15) is 0 Å². The molecule has 0 aromatic heterocycles. The third-order valence-corrected chi connectivity index (χ3v) is 4.31. The molecule has 0 bridgehead atoms. The number of benzene rings is 1. The van der Waals surface area contributed by atoms with E-state index in [1.807, 2.05) is 30.3 Å². The van der Waals surface area contributed by atoms with E-state index in [2.05, 4.69) is 10.6 Å². The molecule has 1 aliphatic rings. The number of hydrogen-bond acceptors (Lipinski definition) is 4. The van der Waals surface area contributed by atoms with Crippen LogP contribution in [0.15, 0.2) is 30.3 Å². The first-order chi connectivity index (χ1) is 12.6. The van der Waals surface area contributed by atoms with E-state index in [1.165, 1.54) is 0 Å². The summed E-state index contributed by atoms with van der Waals surface area (Å²) in [6.07, 6.45) is -0.324. The molecule has 1 fully saturated rings. The van der Waals surface area contributed by atoms with Gasteiger partial charge in [-0.1, -0.05) is 30.3 Å². The summed E-state index contributed by atoms with van der Waals surface area (Å²) in [4.78, 5) is 39.0. The van der Waals surface area contributed by atoms with Crippen LogP contribution in [0.2, 0.25) is 0 Å². The van der Waals surface area contributed by atoms with Gasteiger partial charge in [-0.25, -0.2) is 9.59 Å². The molecule has 2 rings (SSSR count). The molecular formula is C18H27N4O4+. The fraction of sp³-hybridized carbons (Fsp3) is 0.500. The number of urea groups is 1. The van der Waals surface area contributed by atoms with Crippen molar-refractivity contribution in [3.63, 3.8) is 0 Å². The van der Waals surface area contributed by atoms with Gasteiger partial charge in [0.05, 0.1) is 32.8 Å². The van der Waals surface area contributed by atoms with Crippen molar-refractivity contribution in [3.8, 4) is 0 Å². The number of carbonyl (C=O) groups excluding carboxylic acids is 3. The topological polar surface area (TPSA) is 92.2 Å². The summed E-state index contributed by atoms with van der Waals surface area (Å²) in [5.74, 6) is -0.346. The minimum Gasteiger partial charge on any atom is -0.450 e. The Labute approximate surface area is 153 Å². The lowest BCUT2D eigenvalue weighted by atomic mass is 10.0. The van der Waals surface area contributed by atoms with Crippen LogP contribution < -0.4 is 15.5 Å². The van der Waals surface area contributed by atoms with Gasteiger partial charge in [-0.15, -0.1) is 0 Å². The maximum Gasteiger partial charge on any atom is 0.410 e. The Balaban J connectivity index is 2.09. The number of piperazine rings is 1. The Morgan fingerprint density at radius 2 is 1.81 bits per heavy atom. The zero-order chi connectivity index (χ0) is 18.9. The number of ether oxygens (including phenoxy) is 1. The summed E-state index contributed by atoms with van der Waals surface area (Å²) in [6, 6.07) is 8.38. The molecule has 8 heteroatoms. The standard InChI is InChI=1S/C18H26N4O4/c1-3-19-17(24)20-16(23)15(14-8-6-5-7-9-14)21-10-12-22(13-11-21)18(25)26-4-2/h5-9,15H,3-4,10-13H2,1-2H3,(H2,19,20,23,24)/p+1/t15-/m0/s1. The van der Waals surface area contributed by atoms with Crippen LogP contribution in [-0.4, -0.2) is 62.3 Å². The summed E-state index contributed by atoms with van der Waals surface area (Å²) < 4.78 is 5.03. The Morgan fingerprint density at radius 3 is 2.38 bits per heavy atom. The lowest BCUT2D eigenvalue weighted by Gasteiger charge is -2.35. The van der Waals surface area contributed by atoms with Gasteiger partial charge >= 0.3 is 12.1 Å². The van der Waals surface area contributed by atoms with Gasteiger partial charge in [0.2, 0.25) is 0 Å². The molecule has 1 saturated heterocycles. The fourth-order valence-corrected chi connectivity index (χ4v) is 3.09. The average molecular weight is 363 g/mol. The van der Waals surface area contributed by atoms with E-state index in [4.69, 9.17) is 4.74 Å². The van der Waals surface area contributed by atoms with E-state index in [1.54, 1.807) is 18.7 Å². The van der Waals surface area contributed by atoms with E-state index < -0.39 is 12.1 Å². The van der Waals surface area contributed by atoms with E-state index in [-0.39, 0.29) is 12.0 Å². The second kappa shape index (κ2) is 9.76. The number of imide groups is 1. The molecule has 3 N–H and O–H groups in total. The van der Waals surface area contributed by atoms with Crippen LogP contribution in [-0.2, 0) is 9.53 Å². The van der Waals surface area contributed by atoms with E-state index in [9.17, 15) is 14.4 Å². The van der Waals surface area contributed by atoms with Crippen molar-refractivity contribution in [2.75, 3.05) is 39.3 Å². The Hall–Kier alpha value is -2.61. The normalized spacial score (nSPS) is 15.8. The van der Waals surface area contributed by atoms with Gasteiger partial charge in [0, 0.05) is 12.1 Å². The van der Waals surface area contributed by atoms with Crippen molar-refractivity contribution < 1.29 is 24.0 Å². The highest BCUT2D eigenvalue weighted by Crippen LogP contribution is 2.10. The van der Waals surface area contributed by atoms with Crippen LogP contribution in [0.25, 0.3) is 0 Å². The van der Waals surface area contributed by atoms with Crippen LogP contribution in [0.1, 0.15) is 25.5 Å². The summed E-state index contributed by atoms with van der Waals surface area (Å²) >= 11 is 0. The first-order valence-corrected chi connectivity index (χ1v) is 8.96. The number of hydrogen-bond donors (Lipinski definition) is 3. The molecule has 8 nitrogen and oxygen atoms in total. The van der Waals surface area contributed by atoms with E-state index >= 15 is 0 Å². The SMILES string of the molecule is CCNC(=O)NC(=O)[C@H](c1ccccc1)[NH+]1CCN(C(=O)OCC)CC1. The predicted molar refractivity (Wildman–Crippen MR) is 95.7 cm³/mol. The maximum atomic E-state index is 12.7. The molecule has 0 saturated carbocycles. The first kappa shape index (κ1) is 19.7. The smallest absolute Gasteiger partial charge is 0.410 e. The highest BCUT2D eigenvalue weighted by molar-refractivity contribution is 5.96. The molecular weight excluding hydrogens is 336 g/mol. The average Bonchev–Trinajstić information content (AvgIpc) is 2.63. The molecule has 0 radical (unpaired) electrons. The molecule has 0 unspecified atom stereocenters. The molecule has 1 heterocycles. The third kappa shape index (κ3) is 5.19.